The Balaban J connectivity index is 3.29. The molecule has 1 aromatic rings. The summed E-state index contributed by atoms with van der Waals surface area (Å²) in [6.07, 6.45) is 0. The van der Waals surface area contributed by atoms with E-state index < -0.39 is 0 Å². The first kappa shape index (κ1) is 6.85. The zero-order valence-corrected chi connectivity index (χ0v) is 7.51. The number of hydrogen-bond donors (Lipinski definition) is 1. The minimum Gasteiger partial charge on any atom is -0.323 e. The van der Waals surface area contributed by atoms with Crippen LogP contribution in [0.2, 0.25) is 0 Å². The van der Waals surface area contributed by atoms with Crippen molar-refractivity contribution in [3.63, 3.8) is 0 Å². The van der Waals surface area contributed by atoms with Gasteiger partial charge in [0, 0.05) is 0 Å². The fourth-order valence-electron chi connectivity index (χ4n) is 0.643. The van der Waals surface area contributed by atoms with E-state index in [0.717, 1.165) is 15.0 Å². The van der Waals surface area contributed by atoms with Gasteiger partial charge in [-0.15, -0.1) is 0 Å². The molecule has 0 spiro atoms. The lowest BCUT2D eigenvalue weighted by molar-refractivity contribution is 0.789. The van der Waals surface area contributed by atoms with Crippen molar-refractivity contribution in [3.05, 3.63) is 15.0 Å². The molecule has 2 N–H and O–H groups in total. The first-order valence-electron chi connectivity index (χ1n) is 2.59. The second kappa shape index (κ2) is 2.17. The lowest BCUT2D eigenvalue weighted by Crippen LogP contribution is -2.11. The predicted molar refractivity (Wildman–Crippen MR) is 44.6 cm³/mol. The maximum absolute atomic E-state index is 5.44. The summed E-state index contributed by atoms with van der Waals surface area (Å²) in [5.41, 5.74) is 2.02. The van der Waals surface area contributed by atoms with Gasteiger partial charge in [0.25, 0.3) is 0 Å². The summed E-state index contributed by atoms with van der Waals surface area (Å²) in [5.74, 6) is 5.44. The van der Waals surface area contributed by atoms with Crippen LogP contribution in [0.1, 0.15) is 11.4 Å². The Morgan fingerprint density at radius 1 is 1.56 bits per heavy atom. The highest BCUT2D eigenvalue weighted by Crippen LogP contribution is 2.12. The molecule has 0 bridgehead atoms. The molecule has 0 saturated heterocycles. The van der Waals surface area contributed by atoms with Crippen LogP contribution in [0.3, 0.4) is 0 Å². The number of hydrogen-bond acceptors (Lipinski definition) is 2. The average Bonchev–Trinajstić information content (AvgIpc) is 1.98. The molecule has 1 heterocycles. The van der Waals surface area contributed by atoms with E-state index in [0.29, 0.717) is 0 Å². The molecular formula is C5H8IN3. The standard InChI is InChI=1S/C5H8IN3/c1-3-5(6)4(2)9(7)8-3/h7H2,1-2H3. The van der Waals surface area contributed by atoms with Crippen LogP contribution >= 0.6 is 22.6 Å². The molecule has 9 heavy (non-hydrogen) atoms. The van der Waals surface area contributed by atoms with Gasteiger partial charge < -0.3 is 5.84 Å². The van der Waals surface area contributed by atoms with E-state index in [9.17, 15) is 0 Å². The molecule has 0 fully saturated rings. The lowest BCUT2D eigenvalue weighted by Gasteiger charge is -1.89. The van der Waals surface area contributed by atoms with E-state index in [4.69, 9.17) is 5.84 Å². The van der Waals surface area contributed by atoms with Crippen LogP contribution in [0, 0.1) is 17.4 Å². The molecule has 0 aliphatic heterocycles. The van der Waals surface area contributed by atoms with Crippen molar-refractivity contribution < 1.29 is 0 Å². The molecule has 0 aromatic carbocycles. The lowest BCUT2D eigenvalue weighted by atomic mass is 10.4. The van der Waals surface area contributed by atoms with Gasteiger partial charge in [0.2, 0.25) is 0 Å². The monoisotopic (exact) mass is 237 g/mol. The molecule has 3 nitrogen and oxygen atoms in total. The quantitative estimate of drug-likeness (QED) is 0.536. The van der Waals surface area contributed by atoms with Crippen molar-refractivity contribution in [1.29, 1.82) is 0 Å². The summed E-state index contributed by atoms with van der Waals surface area (Å²) in [5, 5.41) is 4.00. The molecule has 0 amide bonds. The van der Waals surface area contributed by atoms with E-state index in [1.165, 1.54) is 4.79 Å². The van der Waals surface area contributed by atoms with Gasteiger partial charge in [0.15, 0.2) is 0 Å². The minimum atomic E-state index is 0.996. The fourth-order valence-corrected chi connectivity index (χ4v) is 0.998. The largest absolute Gasteiger partial charge is 0.323 e. The van der Waals surface area contributed by atoms with E-state index in [-0.39, 0.29) is 0 Å². The van der Waals surface area contributed by atoms with Gasteiger partial charge in [-0.05, 0) is 36.4 Å². The first-order valence-corrected chi connectivity index (χ1v) is 3.67. The molecule has 1 rings (SSSR count). The van der Waals surface area contributed by atoms with Crippen LogP contribution in [0.4, 0.5) is 0 Å². The van der Waals surface area contributed by atoms with Crippen LogP contribution in [0.25, 0.3) is 0 Å². The highest BCUT2D eigenvalue weighted by molar-refractivity contribution is 14.1. The molecule has 0 saturated carbocycles. The molecule has 1 aromatic heterocycles. The predicted octanol–water partition coefficient (Wildman–Crippen LogP) is 0.818. The van der Waals surface area contributed by atoms with Gasteiger partial charge in [-0.1, -0.05) is 0 Å². The van der Waals surface area contributed by atoms with Crippen LogP contribution in [0.15, 0.2) is 0 Å². The van der Waals surface area contributed by atoms with Crippen LogP contribution in [0.5, 0.6) is 0 Å². The van der Waals surface area contributed by atoms with E-state index in [1.54, 1.807) is 0 Å². The summed E-state index contributed by atoms with van der Waals surface area (Å²) < 4.78 is 1.15. The summed E-state index contributed by atoms with van der Waals surface area (Å²) in [6, 6.07) is 0. The Labute approximate surface area is 67.3 Å². The number of aryl methyl sites for hydroxylation is 1. The summed E-state index contributed by atoms with van der Waals surface area (Å²) in [7, 11) is 0. The highest BCUT2D eigenvalue weighted by Gasteiger charge is 2.04. The Morgan fingerprint density at radius 2 is 2.11 bits per heavy atom. The van der Waals surface area contributed by atoms with Gasteiger partial charge in [0.1, 0.15) is 0 Å². The van der Waals surface area contributed by atoms with E-state index >= 15 is 0 Å². The molecular weight excluding hydrogens is 229 g/mol. The molecule has 4 heteroatoms. The zero-order valence-electron chi connectivity index (χ0n) is 5.35. The third kappa shape index (κ3) is 1.03. The van der Waals surface area contributed by atoms with Crippen molar-refractivity contribution in [2.75, 3.05) is 5.84 Å². The molecule has 0 atom stereocenters. The van der Waals surface area contributed by atoms with Crippen molar-refractivity contribution in [3.8, 4) is 0 Å². The SMILES string of the molecule is Cc1nn(N)c(C)c1I. The molecule has 0 aliphatic carbocycles. The number of rotatable bonds is 0. The molecule has 50 valence electrons. The van der Waals surface area contributed by atoms with Crippen molar-refractivity contribution in [1.82, 2.24) is 9.89 Å². The Bertz CT molecular complexity index is 206. The Hall–Kier alpha value is -0.260. The first-order chi connectivity index (χ1) is 4.13. The van der Waals surface area contributed by atoms with Gasteiger partial charge in [0.05, 0.1) is 15.0 Å². The van der Waals surface area contributed by atoms with Crippen LogP contribution in [-0.4, -0.2) is 9.89 Å². The second-order valence-corrected chi connectivity index (χ2v) is 3.01. The number of nitrogens with zero attached hydrogens (tertiary/aromatic N) is 2. The van der Waals surface area contributed by atoms with E-state index in [1.807, 2.05) is 13.8 Å². The summed E-state index contributed by atoms with van der Waals surface area (Å²) in [6.45, 7) is 3.89. The topological polar surface area (TPSA) is 43.8 Å². The van der Waals surface area contributed by atoms with Gasteiger partial charge in [-0.3, -0.25) is 0 Å². The Morgan fingerprint density at radius 3 is 2.22 bits per heavy atom. The van der Waals surface area contributed by atoms with Gasteiger partial charge in [-0.2, -0.15) is 9.89 Å². The molecule has 0 unspecified atom stereocenters. The smallest absolute Gasteiger partial charge is 0.0750 e. The highest BCUT2D eigenvalue weighted by atomic mass is 127. The normalized spacial score (nSPS) is 10.1. The molecule has 0 aliphatic rings. The van der Waals surface area contributed by atoms with Crippen molar-refractivity contribution in [2.24, 2.45) is 0 Å². The third-order valence-electron chi connectivity index (χ3n) is 1.24. The number of nitrogens with two attached hydrogens (primary N) is 1. The minimum absolute atomic E-state index is 0.996. The fraction of sp³-hybridized carbons (Fsp3) is 0.400. The second-order valence-electron chi connectivity index (χ2n) is 1.93. The number of aromatic nitrogens is 2. The van der Waals surface area contributed by atoms with Gasteiger partial charge >= 0.3 is 0 Å². The molecule has 0 radical (unpaired) electrons. The zero-order chi connectivity index (χ0) is 7.02. The average molecular weight is 237 g/mol. The van der Waals surface area contributed by atoms with Crippen LogP contribution in [-0.2, 0) is 0 Å². The van der Waals surface area contributed by atoms with Crippen molar-refractivity contribution >= 4 is 22.6 Å². The third-order valence-corrected chi connectivity index (χ3v) is 2.80. The van der Waals surface area contributed by atoms with E-state index in [2.05, 4.69) is 27.7 Å². The summed E-state index contributed by atoms with van der Waals surface area (Å²) in [4.78, 5) is 1.40. The Kier molecular flexibility index (Phi) is 1.65. The number of halogens is 1. The maximum atomic E-state index is 5.44. The van der Waals surface area contributed by atoms with Gasteiger partial charge in [-0.25, -0.2) is 0 Å². The van der Waals surface area contributed by atoms with Crippen LogP contribution < -0.4 is 5.84 Å². The van der Waals surface area contributed by atoms with Crippen molar-refractivity contribution in [2.45, 2.75) is 13.8 Å². The summed E-state index contributed by atoms with van der Waals surface area (Å²) >= 11 is 2.23. The number of nitrogen functional groups attached to an aromatic ring is 1. The maximum Gasteiger partial charge on any atom is 0.0750 e.